The smallest absolute Gasteiger partial charge is 0.330 e. The Bertz CT molecular complexity index is 1130. The van der Waals surface area contributed by atoms with Crippen molar-refractivity contribution in [3.05, 3.63) is 76.4 Å². The van der Waals surface area contributed by atoms with Crippen LogP contribution < -0.4 is 4.74 Å². The minimum Gasteiger partial charge on any atom is -0.492 e. The van der Waals surface area contributed by atoms with Gasteiger partial charge in [-0.05, 0) is 79.3 Å². The average Bonchev–Trinajstić information content (AvgIpc) is 3.31. The van der Waals surface area contributed by atoms with Crippen LogP contribution in [0, 0.1) is 19.8 Å². The number of carbonyl (C=O) groups is 1. The van der Waals surface area contributed by atoms with Gasteiger partial charge in [0.25, 0.3) is 0 Å². The summed E-state index contributed by atoms with van der Waals surface area (Å²) in [4.78, 5) is 11.7. The number of carbonyl (C=O) groups excluding carboxylic acids is 1. The van der Waals surface area contributed by atoms with Gasteiger partial charge >= 0.3 is 5.97 Å². The Morgan fingerprint density at radius 3 is 2.55 bits per heavy atom. The van der Waals surface area contributed by atoms with Crippen LogP contribution in [0.4, 0.5) is 0 Å². The maximum atomic E-state index is 11.7. The van der Waals surface area contributed by atoms with Gasteiger partial charge in [0, 0.05) is 22.6 Å². The summed E-state index contributed by atoms with van der Waals surface area (Å²) in [6.45, 7) is 16.1. The number of allylic oxidation sites excluding steroid dienone is 3. The van der Waals surface area contributed by atoms with Crippen LogP contribution in [0.1, 0.15) is 63.3 Å². The number of esters is 1. The van der Waals surface area contributed by atoms with Crippen molar-refractivity contribution >= 4 is 5.97 Å². The van der Waals surface area contributed by atoms with Gasteiger partial charge in [-0.25, -0.2) is 4.79 Å². The predicted molar refractivity (Wildman–Crippen MR) is 135 cm³/mol. The van der Waals surface area contributed by atoms with E-state index in [2.05, 4.69) is 77.1 Å². The van der Waals surface area contributed by atoms with Gasteiger partial charge < -0.3 is 9.47 Å². The molecule has 33 heavy (non-hydrogen) atoms. The zero-order valence-electron chi connectivity index (χ0n) is 21.0. The van der Waals surface area contributed by atoms with E-state index in [-0.39, 0.29) is 16.8 Å². The highest BCUT2D eigenvalue weighted by molar-refractivity contribution is 5.83. The van der Waals surface area contributed by atoms with E-state index in [1.807, 2.05) is 13.8 Å². The molecule has 1 heterocycles. The first-order valence-corrected chi connectivity index (χ1v) is 12.0. The van der Waals surface area contributed by atoms with Crippen molar-refractivity contribution in [2.24, 2.45) is 5.92 Å². The van der Waals surface area contributed by atoms with E-state index in [1.54, 1.807) is 6.08 Å². The quantitative estimate of drug-likeness (QED) is 0.274. The van der Waals surface area contributed by atoms with Crippen LogP contribution in [-0.4, -0.2) is 19.2 Å². The minimum atomic E-state index is -0.280. The van der Waals surface area contributed by atoms with Gasteiger partial charge in [-0.2, -0.15) is 0 Å². The number of fused-ring (bicyclic) bond motifs is 1. The average molecular weight is 445 g/mol. The fourth-order valence-corrected chi connectivity index (χ4v) is 5.07. The Labute approximate surface area is 198 Å². The van der Waals surface area contributed by atoms with Crippen molar-refractivity contribution in [2.75, 3.05) is 13.2 Å². The summed E-state index contributed by atoms with van der Waals surface area (Å²) in [5.74, 6) is 1.21. The standard InChI is InChI=1S/C30H36O3/c1-8-32-26(31)14-19(2)12-13-22-17-30(22,7)23-15-24(27-20(3)10-9-11-21(27)4)28-25(16-23)29(5,6)18-33-28/h9-16,22H,8,17-18H2,1-7H3/t22-,30+/m1/s1. The Hall–Kier alpha value is -2.81. The summed E-state index contributed by atoms with van der Waals surface area (Å²) in [6, 6.07) is 11.2. The van der Waals surface area contributed by atoms with Crippen molar-refractivity contribution in [1.29, 1.82) is 0 Å². The van der Waals surface area contributed by atoms with Crippen LogP contribution >= 0.6 is 0 Å². The molecule has 0 aromatic heterocycles. The van der Waals surface area contributed by atoms with E-state index >= 15 is 0 Å². The fraction of sp³-hybridized carbons (Fsp3) is 0.433. The lowest BCUT2D eigenvalue weighted by molar-refractivity contribution is -0.137. The number of hydrogen-bond acceptors (Lipinski definition) is 3. The van der Waals surface area contributed by atoms with Gasteiger partial charge in [0.05, 0.1) is 13.2 Å². The summed E-state index contributed by atoms with van der Waals surface area (Å²) in [7, 11) is 0. The van der Waals surface area contributed by atoms with Gasteiger partial charge in [-0.3, -0.25) is 0 Å². The molecule has 0 spiro atoms. The molecule has 0 amide bonds. The lowest BCUT2D eigenvalue weighted by Gasteiger charge is -2.21. The molecule has 0 N–H and O–H groups in total. The van der Waals surface area contributed by atoms with Gasteiger partial charge in [-0.15, -0.1) is 0 Å². The molecular formula is C30H36O3. The van der Waals surface area contributed by atoms with E-state index < -0.39 is 0 Å². The number of benzene rings is 2. The summed E-state index contributed by atoms with van der Waals surface area (Å²) < 4.78 is 11.3. The van der Waals surface area contributed by atoms with Crippen LogP contribution in [0.5, 0.6) is 5.75 Å². The first-order valence-electron chi connectivity index (χ1n) is 12.0. The second-order valence-corrected chi connectivity index (χ2v) is 10.6. The highest BCUT2D eigenvalue weighted by Crippen LogP contribution is 2.58. The summed E-state index contributed by atoms with van der Waals surface area (Å²) in [5, 5.41) is 0. The SMILES string of the molecule is CCOC(=O)C=C(C)C=C[C@@H]1C[C@]1(C)c1cc(-c2c(C)cccc2C)c2c(c1)C(C)(C)CO2. The topological polar surface area (TPSA) is 35.5 Å². The van der Waals surface area contributed by atoms with Crippen LogP contribution in [0.25, 0.3) is 11.1 Å². The molecule has 0 bridgehead atoms. The maximum Gasteiger partial charge on any atom is 0.330 e. The molecule has 1 saturated carbocycles. The van der Waals surface area contributed by atoms with Crippen molar-refractivity contribution in [2.45, 2.75) is 65.7 Å². The van der Waals surface area contributed by atoms with E-state index in [1.165, 1.54) is 33.4 Å². The van der Waals surface area contributed by atoms with Gasteiger partial charge in [-0.1, -0.05) is 57.2 Å². The lowest BCUT2D eigenvalue weighted by atomic mass is 9.80. The Morgan fingerprint density at radius 2 is 1.88 bits per heavy atom. The Morgan fingerprint density at radius 1 is 1.18 bits per heavy atom. The third kappa shape index (κ3) is 4.38. The van der Waals surface area contributed by atoms with Gasteiger partial charge in [0.2, 0.25) is 0 Å². The molecule has 3 heteroatoms. The van der Waals surface area contributed by atoms with Crippen molar-refractivity contribution in [3.63, 3.8) is 0 Å². The number of aryl methyl sites for hydroxylation is 2. The predicted octanol–water partition coefficient (Wildman–Crippen LogP) is 6.98. The highest BCUT2D eigenvalue weighted by Gasteiger charge is 2.50. The van der Waals surface area contributed by atoms with Crippen LogP contribution in [-0.2, 0) is 20.4 Å². The second kappa shape index (κ2) is 8.52. The Balaban J connectivity index is 1.71. The normalized spacial score (nSPS) is 23.4. The largest absolute Gasteiger partial charge is 0.492 e. The molecule has 3 nitrogen and oxygen atoms in total. The molecular weight excluding hydrogens is 408 g/mol. The molecule has 1 aliphatic heterocycles. The van der Waals surface area contributed by atoms with Crippen molar-refractivity contribution in [3.8, 4) is 16.9 Å². The molecule has 0 saturated heterocycles. The first-order chi connectivity index (χ1) is 15.6. The van der Waals surface area contributed by atoms with Crippen LogP contribution in [0.2, 0.25) is 0 Å². The molecule has 2 aliphatic rings. The molecule has 2 aromatic rings. The number of rotatable bonds is 6. The first kappa shape index (κ1) is 23.4. The third-order valence-electron chi connectivity index (χ3n) is 7.33. The monoisotopic (exact) mass is 444 g/mol. The molecule has 0 unspecified atom stereocenters. The van der Waals surface area contributed by atoms with Crippen molar-refractivity contribution in [1.82, 2.24) is 0 Å². The zero-order chi connectivity index (χ0) is 24.0. The number of hydrogen-bond donors (Lipinski definition) is 0. The molecule has 2 aromatic carbocycles. The zero-order valence-corrected chi connectivity index (χ0v) is 21.0. The highest BCUT2D eigenvalue weighted by atomic mass is 16.5. The summed E-state index contributed by atoms with van der Waals surface area (Å²) in [5.41, 5.74) is 8.75. The third-order valence-corrected chi connectivity index (χ3v) is 7.33. The van der Waals surface area contributed by atoms with Gasteiger partial charge in [0.1, 0.15) is 5.75 Å². The van der Waals surface area contributed by atoms with E-state index in [0.717, 1.165) is 17.7 Å². The molecule has 174 valence electrons. The van der Waals surface area contributed by atoms with E-state index in [0.29, 0.717) is 19.1 Å². The van der Waals surface area contributed by atoms with E-state index in [9.17, 15) is 4.79 Å². The van der Waals surface area contributed by atoms with Crippen molar-refractivity contribution < 1.29 is 14.3 Å². The lowest BCUT2D eigenvalue weighted by Crippen LogP contribution is -2.18. The molecule has 2 atom stereocenters. The number of ether oxygens (including phenoxy) is 2. The van der Waals surface area contributed by atoms with Crippen LogP contribution in [0.3, 0.4) is 0 Å². The minimum absolute atomic E-state index is 0.00770. The van der Waals surface area contributed by atoms with E-state index in [4.69, 9.17) is 9.47 Å². The summed E-state index contributed by atoms with van der Waals surface area (Å²) >= 11 is 0. The Kier molecular flexibility index (Phi) is 6.03. The van der Waals surface area contributed by atoms with Crippen LogP contribution in [0.15, 0.2) is 54.1 Å². The second-order valence-electron chi connectivity index (χ2n) is 10.6. The fourth-order valence-electron chi connectivity index (χ4n) is 5.07. The molecule has 1 aliphatic carbocycles. The maximum absolute atomic E-state index is 11.7. The molecule has 1 fully saturated rings. The summed E-state index contributed by atoms with van der Waals surface area (Å²) in [6.07, 6.45) is 6.97. The molecule has 4 rings (SSSR count). The van der Waals surface area contributed by atoms with Gasteiger partial charge in [0.15, 0.2) is 0 Å². The molecule has 0 radical (unpaired) electrons.